The van der Waals surface area contributed by atoms with Crippen LogP contribution in [0.15, 0.2) is 27.6 Å². The van der Waals surface area contributed by atoms with Crippen LogP contribution in [0.2, 0.25) is 10.2 Å². The molecule has 162 valence electrons. The second-order valence-corrected chi connectivity index (χ2v) is 7.99. The lowest BCUT2D eigenvalue weighted by atomic mass is 9.96. The largest absolute Gasteiger partial charge is 0.490 e. The van der Waals surface area contributed by atoms with Gasteiger partial charge in [-0.25, -0.2) is 0 Å². The van der Waals surface area contributed by atoms with Crippen LogP contribution >= 0.6 is 23.2 Å². The van der Waals surface area contributed by atoms with Gasteiger partial charge in [-0.3, -0.25) is 14.4 Å². The van der Waals surface area contributed by atoms with Gasteiger partial charge in [-0.15, -0.1) is 0 Å². The molecular weight excluding hydrogens is 433 g/mol. The Hall–Kier alpha value is -2.45. The van der Waals surface area contributed by atoms with Gasteiger partial charge in [0.25, 0.3) is 11.8 Å². The lowest BCUT2D eigenvalue weighted by Crippen LogP contribution is -2.54. The van der Waals surface area contributed by atoms with Crippen LogP contribution in [-0.4, -0.2) is 47.0 Å². The van der Waals surface area contributed by atoms with Gasteiger partial charge >= 0.3 is 0 Å². The summed E-state index contributed by atoms with van der Waals surface area (Å²) in [5, 5.41) is 3.50. The minimum atomic E-state index is -0.431. The van der Waals surface area contributed by atoms with Crippen molar-refractivity contribution in [3.05, 3.63) is 50.2 Å². The summed E-state index contributed by atoms with van der Waals surface area (Å²) in [7, 11) is 3.00. The SMILES string of the molecule is COc1coc(C(=O)N2CCCCC2C(C)NC(=O)c2cc(Cl)c(Cl)n2C)cc1=O. The maximum atomic E-state index is 13.0. The molecule has 0 aromatic carbocycles. The van der Waals surface area contributed by atoms with Crippen molar-refractivity contribution in [1.82, 2.24) is 14.8 Å². The molecule has 10 heteroatoms. The van der Waals surface area contributed by atoms with Gasteiger partial charge in [0.15, 0.2) is 5.76 Å². The second-order valence-electron chi connectivity index (χ2n) is 7.23. The highest BCUT2D eigenvalue weighted by Crippen LogP contribution is 2.26. The third-order valence-corrected chi connectivity index (χ3v) is 6.17. The van der Waals surface area contributed by atoms with E-state index in [0.717, 1.165) is 25.2 Å². The monoisotopic (exact) mass is 455 g/mol. The number of hydrogen-bond donors (Lipinski definition) is 1. The van der Waals surface area contributed by atoms with Crippen LogP contribution in [0.1, 0.15) is 47.2 Å². The topological polar surface area (TPSA) is 93.8 Å². The summed E-state index contributed by atoms with van der Waals surface area (Å²) in [6.45, 7) is 2.34. The van der Waals surface area contributed by atoms with Crippen molar-refractivity contribution in [1.29, 1.82) is 0 Å². The zero-order chi connectivity index (χ0) is 22.0. The number of aromatic nitrogens is 1. The van der Waals surface area contributed by atoms with E-state index in [1.54, 1.807) is 11.9 Å². The van der Waals surface area contributed by atoms with E-state index >= 15 is 0 Å². The summed E-state index contributed by atoms with van der Waals surface area (Å²) in [5.74, 6) is -0.771. The van der Waals surface area contributed by atoms with E-state index in [4.69, 9.17) is 32.4 Å². The smallest absolute Gasteiger partial charge is 0.290 e. The molecule has 1 saturated heterocycles. The minimum absolute atomic E-state index is 0.0299. The van der Waals surface area contributed by atoms with Crippen molar-refractivity contribution in [3.8, 4) is 5.75 Å². The van der Waals surface area contributed by atoms with Crippen LogP contribution in [0, 0.1) is 0 Å². The third-order valence-electron chi connectivity index (χ3n) is 5.32. The second kappa shape index (κ2) is 9.14. The Morgan fingerprint density at radius 2 is 2.03 bits per heavy atom. The molecule has 3 rings (SSSR count). The molecule has 1 fully saturated rings. The van der Waals surface area contributed by atoms with E-state index in [-0.39, 0.29) is 34.7 Å². The predicted molar refractivity (Wildman–Crippen MR) is 113 cm³/mol. The number of carbonyl (C=O) groups excluding carboxylic acids is 2. The lowest BCUT2D eigenvalue weighted by molar-refractivity contribution is 0.0514. The molecular formula is C20H23Cl2N3O5. The van der Waals surface area contributed by atoms with E-state index in [1.807, 2.05) is 6.92 Å². The highest BCUT2D eigenvalue weighted by molar-refractivity contribution is 6.41. The number of rotatable bonds is 5. The molecule has 2 aromatic rings. The Morgan fingerprint density at radius 3 is 2.63 bits per heavy atom. The summed E-state index contributed by atoms with van der Waals surface area (Å²) >= 11 is 12.0. The average molecular weight is 456 g/mol. The van der Waals surface area contributed by atoms with Gasteiger partial charge in [-0.2, -0.15) is 0 Å². The number of nitrogens with zero attached hydrogens (tertiary/aromatic N) is 2. The number of ether oxygens (including phenoxy) is 1. The summed E-state index contributed by atoms with van der Waals surface area (Å²) in [6.07, 6.45) is 3.58. The summed E-state index contributed by atoms with van der Waals surface area (Å²) in [6, 6.07) is 2.03. The highest BCUT2D eigenvalue weighted by atomic mass is 35.5. The van der Waals surface area contributed by atoms with E-state index < -0.39 is 11.3 Å². The molecule has 0 spiro atoms. The maximum absolute atomic E-state index is 13.0. The molecule has 1 aliphatic heterocycles. The number of methoxy groups -OCH3 is 1. The van der Waals surface area contributed by atoms with Crippen LogP contribution in [0.4, 0.5) is 0 Å². The molecule has 0 aliphatic carbocycles. The number of hydrogen-bond acceptors (Lipinski definition) is 5. The molecule has 2 unspecified atom stereocenters. The van der Waals surface area contributed by atoms with Crippen molar-refractivity contribution < 1.29 is 18.7 Å². The number of halogens is 2. The van der Waals surface area contributed by atoms with Gasteiger partial charge in [0.1, 0.15) is 17.1 Å². The van der Waals surface area contributed by atoms with Crippen LogP contribution in [-0.2, 0) is 7.05 Å². The number of nitrogens with one attached hydrogen (secondary N) is 1. The molecule has 3 heterocycles. The van der Waals surface area contributed by atoms with Crippen LogP contribution < -0.4 is 15.5 Å². The molecule has 0 radical (unpaired) electrons. The van der Waals surface area contributed by atoms with Gasteiger partial charge < -0.3 is 23.9 Å². The Balaban J connectivity index is 1.78. The number of piperidine rings is 1. The Labute approximate surface area is 183 Å². The molecule has 30 heavy (non-hydrogen) atoms. The zero-order valence-corrected chi connectivity index (χ0v) is 18.4. The zero-order valence-electron chi connectivity index (χ0n) is 16.9. The number of likely N-dealkylation sites (tertiary alicyclic amines) is 1. The van der Waals surface area contributed by atoms with Gasteiger partial charge in [-0.05, 0) is 32.3 Å². The lowest BCUT2D eigenvalue weighted by Gasteiger charge is -2.39. The molecule has 2 atom stereocenters. The summed E-state index contributed by atoms with van der Waals surface area (Å²) in [5.41, 5.74) is -0.105. The van der Waals surface area contributed by atoms with E-state index in [1.165, 1.54) is 17.7 Å². The van der Waals surface area contributed by atoms with E-state index in [0.29, 0.717) is 23.7 Å². The first-order valence-electron chi connectivity index (χ1n) is 9.54. The molecule has 2 amide bonds. The molecule has 1 N–H and O–H groups in total. The molecule has 2 aromatic heterocycles. The van der Waals surface area contributed by atoms with E-state index in [9.17, 15) is 14.4 Å². The molecule has 8 nitrogen and oxygen atoms in total. The summed E-state index contributed by atoms with van der Waals surface area (Å²) < 4.78 is 11.7. The number of carbonyl (C=O) groups is 2. The first kappa shape index (κ1) is 22.2. The van der Waals surface area contributed by atoms with Crippen LogP contribution in [0.25, 0.3) is 0 Å². The quantitative estimate of drug-likeness (QED) is 0.747. The van der Waals surface area contributed by atoms with Gasteiger partial charge in [0.2, 0.25) is 11.2 Å². The molecule has 0 saturated carbocycles. The Kier molecular flexibility index (Phi) is 6.77. The van der Waals surface area contributed by atoms with Crippen molar-refractivity contribution >= 4 is 35.0 Å². The van der Waals surface area contributed by atoms with Crippen molar-refractivity contribution in [2.24, 2.45) is 7.05 Å². The first-order valence-corrected chi connectivity index (χ1v) is 10.3. The minimum Gasteiger partial charge on any atom is -0.490 e. The molecule has 1 aliphatic rings. The van der Waals surface area contributed by atoms with Crippen LogP contribution in [0.5, 0.6) is 5.75 Å². The average Bonchev–Trinajstić information content (AvgIpc) is 3.00. The van der Waals surface area contributed by atoms with Gasteiger partial charge in [-0.1, -0.05) is 23.2 Å². The fourth-order valence-electron chi connectivity index (χ4n) is 3.67. The van der Waals surface area contributed by atoms with Crippen LogP contribution in [0.3, 0.4) is 0 Å². The fraction of sp³-hybridized carbons (Fsp3) is 0.450. The van der Waals surface area contributed by atoms with E-state index in [2.05, 4.69) is 5.32 Å². The van der Waals surface area contributed by atoms with Crippen molar-refractivity contribution in [2.75, 3.05) is 13.7 Å². The maximum Gasteiger partial charge on any atom is 0.290 e. The Morgan fingerprint density at radius 1 is 1.30 bits per heavy atom. The van der Waals surface area contributed by atoms with Crippen molar-refractivity contribution in [3.63, 3.8) is 0 Å². The van der Waals surface area contributed by atoms with Gasteiger partial charge in [0, 0.05) is 25.7 Å². The highest BCUT2D eigenvalue weighted by Gasteiger charge is 2.34. The molecule has 0 bridgehead atoms. The number of amides is 2. The standard InChI is InChI=1S/C20H23Cl2N3O5/c1-11(23-19(27)14-8-12(21)18(22)24(14)2)13-6-4-5-7-25(13)20(28)16-9-15(26)17(29-3)10-30-16/h8-11,13H,4-7H2,1-3H3,(H,23,27). The summed E-state index contributed by atoms with van der Waals surface area (Å²) in [4.78, 5) is 39.4. The van der Waals surface area contributed by atoms with Gasteiger partial charge in [0.05, 0.1) is 18.2 Å². The normalized spacial score (nSPS) is 17.5. The fourth-order valence-corrected chi connectivity index (χ4v) is 4.04. The third kappa shape index (κ3) is 4.34. The van der Waals surface area contributed by atoms with Crippen molar-refractivity contribution in [2.45, 2.75) is 38.3 Å². The Bertz CT molecular complexity index is 1020. The first-order chi connectivity index (χ1) is 14.2. The predicted octanol–water partition coefficient (Wildman–Crippen LogP) is 3.11.